The molecule has 3 rings (SSSR count). The lowest BCUT2D eigenvalue weighted by Gasteiger charge is -2.33. The number of nitrogens with zero attached hydrogens (tertiary/aromatic N) is 2. The second-order valence-electron chi connectivity index (χ2n) is 7.44. The van der Waals surface area contributed by atoms with E-state index in [-0.39, 0.29) is 17.8 Å². The summed E-state index contributed by atoms with van der Waals surface area (Å²) in [6, 6.07) is 12.3. The van der Waals surface area contributed by atoms with Gasteiger partial charge in [-0.05, 0) is 55.7 Å². The van der Waals surface area contributed by atoms with Crippen molar-refractivity contribution in [1.82, 2.24) is 4.90 Å². The van der Waals surface area contributed by atoms with E-state index in [0.717, 1.165) is 5.57 Å². The zero-order valence-corrected chi connectivity index (χ0v) is 17.7. The molecule has 4 nitrogen and oxygen atoms in total. The van der Waals surface area contributed by atoms with Crippen molar-refractivity contribution in [2.45, 2.75) is 26.8 Å². The van der Waals surface area contributed by atoms with Gasteiger partial charge in [0.25, 0.3) is 5.91 Å². The van der Waals surface area contributed by atoms with Crippen molar-refractivity contribution in [2.24, 2.45) is 4.99 Å². The fourth-order valence-electron chi connectivity index (χ4n) is 3.47. The molecule has 1 saturated heterocycles. The second-order valence-corrected chi connectivity index (χ2v) is 7.44. The first-order chi connectivity index (χ1) is 14.4. The minimum atomic E-state index is -0.388. The van der Waals surface area contributed by atoms with E-state index in [0.29, 0.717) is 47.7 Å². The lowest BCUT2D eigenvalue weighted by molar-refractivity contribution is 0.00364. The summed E-state index contributed by atoms with van der Waals surface area (Å²) in [5.74, 6) is -0.451. The van der Waals surface area contributed by atoms with Gasteiger partial charge in [0.2, 0.25) is 0 Å². The maximum atomic E-state index is 15.0. The largest absolute Gasteiger partial charge is 0.377 e. The van der Waals surface area contributed by atoms with Crippen LogP contribution in [0.5, 0.6) is 0 Å². The van der Waals surface area contributed by atoms with Gasteiger partial charge in [-0.2, -0.15) is 0 Å². The van der Waals surface area contributed by atoms with E-state index in [4.69, 9.17) is 4.74 Å². The van der Waals surface area contributed by atoms with Crippen molar-refractivity contribution in [2.75, 3.05) is 19.8 Å². The summed E-state index contributed by atoms with van der Waals surface area (Å²) in [6.07, 6.45) is 3.37. The number of hydrogen-bond donors (Lipinski definition) is 0. The molecule has 0 saturated carbocycles. The first-order valence-electron chi connectivity index (χ1n) is 10.1. The third kappa shape index (κ3) is 4.74. The first-order valence-corrected chi connectivity index (χ1v) is 10.1. The molecule has 0 aromatic heterocycles. The molecule has 1 atom stereocenters. The molecule has 0 aliphatic carbocycles. The Hall–Kier alpha value is -3.05. The van der Waals surface area contributed by atoms with Gasteiger partial charge in [0.05, 0.1) is 25.0 Å². The van der Waals surface area contributed by atoms with E-state index in [1.165, 1.54) is 6.07 Å². The molecule has 0 radical (unpaired) electrons. The van der Waals surface area contributed by atoms with Crippen LogP contribution in [0.15, 0.2) is 65.7 Å². The van der Waals surface area contributed by atoms with Crippen LogP contribution in [0.1, 0.15) is 36.7 Å². The Morgan fingerprint density at radius 2 is 2.03 bits per heavy atom. The lowest BCUT2D eigenvalue weighted by Crippen LogP contribution is -2.47. The molecule has 1 aliphatic rings. The molecule has 2 aromatic carbocycles. The van der Waals surface area contributed by atoms with E-state index in [2.05, 4.69) is 11.6 Å². The van der Waals surface area contributed by atoms with E-state index in [1.54, 1.807) is 24.4 Å². The van der Waals surface area contributed by atoms with E-state index in [1.807, 2.05) is 49.9 Å². The Morgan fingerprint density at radius 3 is 2.70 bits per heavy atom. The van der Waals surface area contributed by atoms with Crippen LogP contribution in [-0.4, -0.2) is 42.8 Å². The van der Waals surface area contributed by atoms with Gasteiger partial charge in [-0.15, -0.1) is 0 Å². The van der Waals surface area contributed by atoms with E-state index in [9.17, 15) is 9.18 Å². The number of halogens is 1. The topological polar surface area (TPSA) is 41.9 Å². The average Bonchev–Trinajstić information content (AvgIpc) is 2.74. The van der Waals surface area contributed by atoms with E-state index >= 15 is 0 Å². The van der Waals surface area contributed by atoms with Crippen LogP contribution in [0.3, 0.4) is 0 Å². The Bertz CT molecular complexity index is 1010. The van der Waals surface area contributed by atoms with Crippen LogP contribution in [-0.2, 0) is 4.74 Å². The van der Waals surface area contributed by atoms with Gasteiger partial charge < -0.3 is 9.64 Å². The predicted molar refractivity (Wildman–Crippen MR) is 120 cm³/mol. The molecule has 1 heterocycles. The number of ether oxygens (including phenoxy) is 1. The first kappa shape index (κ1) is 21.7. The number of carbonyl (C=O) groups is 1. The van der Waals surface area contributed by atoms with Crippen molar-refractivity contribution in [3.05, 3.63) is 77.6 Å². The fraction of sp³-hybridized carbons (Fsp3) is 0.280. The van der Waals surface area contributed by atoms with Gasteiger partial charge in [-0.25, -0.2) is 4.39 Å². The normalized spacial score (nSPS) is 17.4. The summed E-state index contributed by atoms with van der Waals surface area (Å²) in [6.45, 7) is 11.0. The molecule has 0 unspecified atom stereocenters. The fourth-order valence-corrected chi connectivity index (χ4v) is 3.47. The van der Waals surface area contributed by atoms with Gasteiger partial charge in [0, 0.05) is 23.9 Å². The molecule has 30 heavy (non-hydrogen) atoms. The van der Waals surface area contributed by atoms with E-state index < -0.39 is 0 Å². The number of aliphatic imine (C=N–C) groups is 1. The highest BCUT2D eigenvalue weighted by Gasteiger charge is 2.26. The number of amides is 1. The quantitative estimate of drug-likeness (QED) is 0.627. The monoisotopic (exact) mass is 406 g/mol. The molecule has 1 fully saturated rings. The summed E-state index contributed by atoms with van der Waals surface area (Å²) in [7, 11) is 0. The number of morpholine rings is 1. The van der Waals surface area contributed by atoms with Crippen molar-refractivity contribution >= 4 is 17.8 Å². The highest BCUT2D eigenvalue weighted by molar-refractivity contribution is 6.01. The summed E-state index contributed by atoms with van der Waals surface area (Å²) in [5, 5.41) is 0. The van der Waals surface area contributed by atoms with Crippen LogP contribution in [0, 0.1) is 5.82 Å². The average molecular weight is 407 g/mol. The Morgan fingerprint density at radius 1 is 1.27 bits per heavy atom. The molecule has 2 aromatic rings. The predicted octanol–water partition coefficient (Wildman–Crippen LogP) is 5.36. The minimum absolute atomic E-state index is 0.00171. The van der Waals surface area contributed by atoms with Crippen molar-refractivity contribution in [1.29, 1.82) is 0 Å². The Labute approximate surface area is 177 Å². The van der Waals surface area contributed by atoms with Gasteiger partial charge in [-0.3, -0.25) is 9.79 Å². The summed E-state index contributed by atoms with van der Waals surface area (Å²) in [4.78, 5) is 19.3. The van der Waals surface area contributed by atoms with Gasteiger partial charge in [-0.1, -0.05) is 36.9 Å². The summed E-state index contributed by atoms with van der Waals surface area (Å²) < 4.78 is 20.4. The maximum Gasteiger partial charge on any atom is 0.254 e. The zero-order valence-electron chi connectivity index (χ0n) is 17.7. The van der Waals surface area contributed by atoms with Gasteiger partial charge in [0.15, 0.2) is 0 Å². The van der Waals surface area contributed by atoms with Gasteiger partial charge in [0.1, 0.15) is 5.82 Å². The number of carbonyl (C=O) groups excluding carboxylic acids is 1. The van der Waals surface area contributed by atoms with Crippen LogP contribution in [0.2, 0.25) is 0 Å². The second kappa shape index (κ2) is 9.63. The van der Waals surface area contributed by atoms with Gasteiger partial charge >= 0.3 is 0 Å². The SMILES string of the molecule is C=C(C)C=N/C(=C\C)c1ccc(-c2ccccc2C(=O)N2CCOC[C@H]2C)cc1F. The number of hydrogen-bond acceptors (Lipinski definition) is 3. The molecule has 156 valence electrons. The van der Waals surface area contributed by atoms with Crippen LogP contribution >= 0.6 is 0 Å². The molecule has 1 amide bonds. The zero-order chi connectivity index (χ0) is 21.7. The summed E-state index contributed by atoms with van der Waals surface area (Å²) in [5.41, 5.74) is 3.65. The van der Waals surface area contributed by atoms with Crippen LogP contribution < -0.4 is 0 Å². The van der Waals surface area contributed by atoms with Crippen molar-refractivity contribution in [3.8, 4) is 11.1 Å². The lowest BCUT2D eigenvalue weighted by atomic mass is 9.96. The molecular formula is C25H27FN2O2. The third-order valence-corrected chi connectivity index (χ3v) is 5.04. The molecule has 0 spiro atoms. The Balaban J connectivity index is 1.96. The number of benzene rings is 2. The Kier molecular flexibility index (Phi) is 6.95. The van der Waals surface area contributed by atoms with Crippen LogP contribution in [0.4, 0.5) is 4.39 Å². The number of allylic oxidation sites excluding steroid dienone is 2. The van der Waals surface area contributed by atoms with Crippen LogP contribution in [0.25, 0.3) is 16.8 Å². The molecular weight excluding hydrogens is 379 g/mol. The molecule has 5 heteroatoms. The summed E-state index contributed by atoms with van der Waals surface area (Å²) >= 11 is 0. The molecule has 0 N–H and O–H groups in total. The highest BCUT2D eigenvalue weighted by Crippen LogP contribution is 2.29. The molecule has 1 aliphatic heterocycles. The third-order valence-electron chi connectivity index (χ3n) is 5.04. The van der Waals surface area contributed by atoms with Crippen molar-refractivity contribution < 1.29 is 13.9 Å². The van der Waals surface area contributed by atoms with Crippen molar-refractivity contribution in [3.63, 3.8) is 0 Å². The highest BCUT2D eigenvalue weighted by atomic mass is 19.1. The maximum absolute atomic E-state index is 15.0. The smallest absolute Gasteiger partial charge is 0.254 e. The molecule has 0 bridgehead atoms. The number of rotatable bonds is 5. The standard InChI is InChI=1S/C25H27FN2O2/c1-5-24(27-15-17(2)3)22-11-10-19(14-23(22)26)20-8-6-7-9-21(20)25(29)28-12-13-30-16-18(28)4/h5-11,14-15,18H,2,12-13,16H2,1,3-4H3/b24-5-,27-15?/t18-/m1/s1. The minimum Gasteiger partial charge on any atom is -0.377 e.